The van der Waals surface area contributed by atoms with Gasteiger partial charge in [0.05, 0.1) is 24.9 Å². The lowest BCUT2D eigenvalue weighted by Gasteiger charge is -2.15. The molecule has 144 valence electrons. The third-order valence-electron chi connectivity index (χ3n) is 3.74. The van der Waals surface area contributed by atoms with Crippen LogP contribution in [-0.2, 0) is 9.59 Å². The Balaban J connectivity index is 1.85. The lowest BCUT2D eigenvalue weighted by atomic mass is 10.3. The number of nitrogens with one attached hydrogen (secondary N) is 3. The number of amides is 2. The van der Waals surface area contributed by atoms with Crippen LogP contribution in [0.1, 0.15) is 0 Å². The van der Waals surface area contributed by atoms with Crippen molar-refractivity contribution in [3.05, 3.63) is 47.5 Å². The number of carbonyl (C=O) groups excluding carboxylic acids is 2. The lowest BCUT2D eigenvalue weighted by molar-refractivity contribution is -0.862. The third-order valence-corrected chi connectivity index (χ3v) is 4.83. The molecule has 0 aromatic heterocycles. The summed E-state index contributed by atoms with van der Waals surface area (Å²) in [6.07, 6.45) is 1.96. The topological polar surface area (TPSA) is 71.9 Å². The van der Waals surface area contributed by atoms with Crippen molar-refractivity contribution in [2.75, 3.05) is 44.1 Å². The molecule has 6 nitrogen and oxygen atoms in total. The van der Waals surface area contributed by atoms with Gasteiger partial charge >= 0.3 is 0 Å². The van der Waals surface area contributed by atoms with Crippen molar-refractivity contribution in [2.45, 2.75) is 4.90 Å². The number of likely N-dealkylation sites (N-methyl/N-ethyl adjacent to an activating group) is 1. The Labute approximate surface area is 168 Å². The standard InChI is InChI=1S/C19H22ClN3O3S/c1-23(12-19(25)22-15-6-4-5-7-17(15)27-3)11-18(24)21-13-8-9-16(26-2)14(20)10-13/h4-10H,11-12H2,1-3H3,(H,21,24)(H,22,25)/p+1. The average Bonchev–Trinajstić information content (AvgIpc) is 2.61. The fraction of sp³-hybridized carbons (Fsp3) is 0.263. The number of quaternary nitrogens is 1. The van der Waals surface area contributed by atoms with Crippen molar-refractivity contribution < 1.29 is 19.2 Å². The lowest BCUT2D eigenvalue weighted by Crippen LogP contribution is -3.11. The highest BCUT2D eigenvalue weighted by Gasteiger charge is 2.16. The maximum Gasteiger partial charge on any atom is 0.279 e. The highest BCUT2D eigenvalue weighted by atomic mass is 35.5. The number of hydrogen-bond donors (Lipinski definition) is 3. The van der Waals surface area contributed by atoms with E-state index in [4.69, 9.17) is 16.3 Å². The van der Waals surface area contributed by atoms with E-state index in [9.17, 15) is 9.59 Å². The quantitative estimate of drug-likeness (QED) is 0.585. The summed E-state index contributed by atoms with van der Waals surface area (Å²) in [5, 5.41) is 6.08. The molecule has 0 spiro atoms. The Morgan fingerprint density at radius 1 is 1.11 bits per heavy atom. The Morgan fingerprint density at radius 2 is 1.78 bits per heavy atom. The van der Waals surface area contributed by atoms with E-state index >= 15 is 0 Å². The van der Waals surface area contributed by atoms with E-state index in [1.807, 2.05) is 30.5 Å². The number of ether oxygens (including phenoxy) is 1. The summed E-state index contributed by atoms with van der Waals surface area (Å²) in [6, 6.07) is 12.6. The van der Waals surface area contributed by atoms with Crippen molar-refractivity contribution >= 4 is 46.6 Å². The highest BCUT2D eigenvalue weighted by molar-refractivity contribution is 7.98. The van der Waals surface area contributed by atoms with Crippen molar-refractivity contribution in [1.82, 2.24) is 0 Å². The van der Waals surface area contributed by atoms with Crippen LogP contribution in [0.2, 0.25) is 5.02 Å². The summed E-state index contributed by atoms with van der Waals surface area (Å²) >= 11 is 7.62. The molecular formula is C19H23ClN3O3S+. The van der Waals surface area contributed by atoms with Gasteiger partial charge in [-0.05, 0) is 36.6 Å². The number of rotatable bonds is 8. The van der Waals surface area contributed by atoms with Crippen molar-refractivity contribution in [3.63, 3.8) is 0 Å². The number of carbonyl (C=O) groups is 2. The van der Waals surface area contributed by atoms with Gasteiger partial charge in [0.2, 0.25) is 0 Å². The van der Waals surface area contributed by atoms with E-state index in [-0.39, 0.29) is 24.9 Å². The summed E-state index contributed by atoms with van der Waals surface area (Å²) in [4.78, 5) is 26.2. The van der Waals surface area contributed by atoms with Crippen LogP contribution < -0.4 is 20.3 Å². The number of para-hydroxylation sites is 1. The number of anilines is 2. The van der Waals surface area contributed by atoms with E-state index in [1.54, 1.807) is 37.0 Å². The molecule has 1 unspecified atom stereocenters. The van der Waals surface area contributed by atoms with E-state index in [2.05, 4.69) is 10.6 Å². The van der Waals surface area contributed by atoms with Crippen LogP contribution in [0.4, 0.5) is 11.4 Å². The second-order valence-electron chi connectivity index (χ2n) is 5.96. The second-order valence-corrected chi connectivity index (χ2v) is 7.21. The molecule has 0 radical (unpaired) electrons. The summed E-state index contributed by atoms with van der Waals surface area (Å²) < 4.78 is 5.08. The minimum absolute atomic E-state index is 0.144. The number of methoxy groups -OCH3 is 1. The maximum absolute atomic E-state index is 12.2. The molecular weight excluding hydrogens is 386 g/mol. The zero-order valence-corrected chi connectivity index (χ0v) is 17.0. The minimum Gasteiger partial charge on any atom is -0.495 e. The van der Waals surface area contributed by atoms with Gasteiger partial charge in [-0.25, -0.2) is 0 Å². The number of benzene rings is 2. The van der Waals surface area contributed by atoms with Gasteiger partial charge in [-0.1, -0.05) is 23.7 Å². The molecule has 0 bridgehead atoms. The van der Waals surface area contributed by atoms with Crippen LogP contribution >= 0.6 is 23.4 Å². The van der Waals surface area contributed by atoms with Gasteiger partial charge in [0.15, 0.2) is 13.1 Å². The van der Waals surface area contributed by atoms with Crippen LogP contribution in [0, 0.1) is 0 Å². The maximum atomic E-state index is 12.2. The van der Waals surface area contributed by atoms with Gasteiger partial charge in [-0.2, -0.15) is 0 Å². The summed E-state index contributed by atoms with van der Waals surface area (Å²) in [5.41, 5.74) is 1.36. The Kier molecular flexibility index (Phi) is 7.97. The van der Waals surface area contributed by atoms with Crippen molar-refractivity contribution in [2.24, 2.45) is 0 Å². The molecule has 0 fully saturated rings. The van der Waals surface area contributed by atoms with E-state index in [1.165, 1.54) is 7.11 Å². The minimum atomic E-state index is -0.203. The van der Waals surface area contributed by atoms with Gasteiger partial charge in [-0.3, -0.25) is 9.59 Å². The predicted octanol–water partition coefficient (Wildman–Crippen LogP) is 2.16. The molecule has 27 heavy (non-hydrogen) atoms. The van der Waals surface area contributed by atoms with Gasteiger partial charge < -0.3 is 20.3 Å². The van der Waals surface area contributed by atoms with Crippen LogP contribution in [0.5, 0.6) is 5.75 Å². The van der Waals surface area contributed by atoms with Gasteiger partial charge in [-0.15, -0.1) is 11.8 Å². The van der Waals surface area contributed by atoms with Crippen molar-refractivity contribution in [3.8, 4) is 5.75 Å². The molecule has 1 atom stereocenters. The first-order chi connectivity index (χ1) is 12.9. The summed E-state index contributed by atoms with van der Waals surface area (Å²) in [7, 11) is 3.32. The van der Waals surface area contributed by atoms with Gasteiger partial charge in [0.25, 0.3) is 11.8 Å². The van der Waals surface area contributed by atoms with Crippen LogP contribution in [-0.4, -0.2) is 45.3 Å². The molecule has 0 saturated heterocycles. The molecule has 2 rings (SSSR count). The molecule has 2 amide bonds. The van der Waals surface area contributed by atoms with E-state index < -0.39 is 0 Å². The predicted molar refractivity (Wildman–Crippen MR) is 110 cm³/mol. The molecule has 3 N–H and O–H groups in total. The molecule has 2 aromatic rings. The number of halogens is 1. The zero-order chi connectivity index (χ0) is 19.8. The summed E-state index contributed by atoms with van der Waals surface area (Å²) in [5.74, 6) is 0.194. The molecule has 0 aliphatic carbocycles. The van der Waals surface area contributed by atoms with E-state index in [0.717, 1.165) is 15.5 Å². The first-order valence-electron chi connectivity index (χ1n) is 8.30. The fourth-order valence-corrected chi connectivity index (χ4v) is 3.31. The van der Waals surface area contributed by atoms with Crippen molar-refractivity contribution in [1.29, 1.82) is 0 Å². The highest BCUT2D eigenvalue weighted by Crippen LogP contribution is 2.27. The fourth-order valence-electron chi connectivity index (χ4n) is 2.50. The zero-order valence-electron chi connectivity index (χ0n) is 15.5. The SMILES string of the molecule is COc1ccc(NC(=O)C[NH+](C)CC(=O)Nc2ccccc2SC)cc1Cl. The molecule has 0 heterocycles. The van der Waals surface area contributed by atoms with Crippen LogP contribution in [0.15, 0.2) is 47.4 Å². The Bertz CT molecular complexity index is 817. The second kappa shape index (κ2) is 10.2. The normalized spacial score (nSPS) is 11.6. The first kappa shape index (κ1) is 21.1. The molecule has 8 heteroatoms. The molecule has 0 saturated carbocycles. The van der Waals surface area contributed by atoms with Crippen LogP contribution in [0.25, 0.3) is 0 Å². The van der Waals surface area contributed by atoms with Crippen LogP contribution in [0.3, 0.4) is 0 Å². The first-order valence-corrected chi connectivity index (χ1v) is 9.90. The molecule has 0 aliphatic heterocycles. The van der Waals surface area contributed by atoms with Gasteiger partial charge in [0, 0.05) is 10.6 Å². The number of hydrogen-bond acceptors (Lipinski definition) is 4. The largest absolute Gasteiger partial charge is 0.495 e. The van der Waals surface area contributed by atoms with Gasteiger partial charge in [0.1, 0.15) is 5.75 Å². The summed E-state index contributed by atoms with van der Waals surface area (Å²) in [6.45, 7) is 0.334. The average molecular weight is 409 g/mol. The van der Waals surface area contributed by atoms with E-state index in [0.29, 0.717) is 16.5 Å². The third kappa shape index (κ3) is 6.46. The Morgan fingerprint density at radius 3 is 2.41 bits per heavy atom. The monoisotopic (exact) mass is 408 g/mol. The Hall–Kier alpha value is -2.22. The molecule has 0 aliphatic rings. The number of thioether (sulfide) groups is 1. The smallest absolute Gasteiger partial charge is 0.279 e. The molecule has 2 aromatic carbocycles.